The molecule has 1 aliphatic carbocycles. The lowest BCUT2D eigenvalue weighted by Gasteiger charge is -2.14. The van der Waals surface area contributed by atoms with E-state index in [1.165, 1.54) is 19.3 Å². The predicted molar refractivity (Wildman–Crippen MR) is 70.4 cm³/mol. The van der Waals surface area contributed by atoms with E-state index < -0.39 is 0 Å². The molecule has 2 atom stereocenters. The van der Waals surface area contributed by atoms with Gasteiger partial charge >= 0.3 is 0 Å². The van der Waals surface area contributed by atoms with Gasteiger partial charge in [0.25, 0.3) is 0 Å². The van der Waals surface area contributed by atoms with Crippen LogP contribution in [-0.2, 0) is 0 Å². The molecule has 17 heavy (non-hydrogen) atoms. The molecule has 94 valence electrons. The summed E-state index contributed by atoms with van der Waals surface area (Å²) in [5.41, 5.74) is 0. The fraction of sp³-hybridized carbons (Fsp3) is 0.643. The van der Waals surface area contributed by atoms with Gasteiger partial charge in [0.15, 0.2) is 11.6 Å². The average molecular weight is 234 g/mol. The number of anilines is 1. The first-order valence-corrected chi connectivity index (χ1v) is 6.59. The summed E-state index contributed by atoms with van der Waals surface area (Å²) in [5.74, 6) is 2.59. The van der Waals surface area contributed by atoms with Crippen molar-refractivity contribution < 1.29 is 4.74 Å². The van der Waals surface area contributed by atoms with Crippen LogP contribution in [0.2, 0.25) is 0 Å². The van der Waals surface area contributed by atoms with Crippen LogP contribution in [0.5, 0.6) is 5.75 Å². The van der Waals surface area contributed by atoms with Crippen molar-refractivity contribution in [1.82, 2.24) is 4.98 Å². The fourth-order valence-corrected chi connectivity index (χ4v) is 2.14. The summed E-state index contributed by atoms with van der Waals surface area (Å²) >= 11 is 0. The van der Waals surface area contributed by atoms with E-state index in [9.17, 15) is 0 Å². The highest BCUT2D eigenvalue weighted by molar-refractivity contribution is 5.51. The van der Waals surface area contributed by atoms with Gasteiger partial charge in [-0.1, -0.05) is 13.3 Å². The molecule has 0 bridgehead atoms. The molecule has 0 spiro atoms. The Bertz CT molecular complexity index is 365. The van der Waals surface area contributed by atoms with Crippen LogP contribution in [0, 0.1) is 5.92 Å². The van der Waals surface area contributed by atoms with Gasteiger partial charge in [0.1, 0.15) is 0 Å². The van der Waals surface area contributed by atoms with E-state index in [4.69, 9.17) is 4.74 Å². The molecule has 1 saturated carbocycles. The molecule has 3 nitrogen and oxygen atoms in total. The molecule has 1 aromatic heterocycles. The molecular weight excluding hydrogens is 212 g/mol. The van der Waals surface area contributed by atoms with E-state index in [1.54, 1.807) is 0 Å². The van der Waals surface area contributed by atoms with Gasteiger partial charge in [-0.05, 0) is 44.7 Å². The summed E-state index contributed by atoms with van der Waals surface area (Å²) in [7, 11) is 0. The van der Waals surface area contributed by atoms with E-state index in [2.05, 4.69) is 17.2 Å². The topological polar surface area (TPSA) is 34.2 Å². The number of ether oxygens (including phenoxy) is 1. The number of hydrogen-bond acceptors (Lipinski definition) is 3. The number of aromatic nitrogens is 1. The van der Waals surface area contributed by atoms with Crippen molar-refractivity contribution >= 4 is 5.82 Å². The van der Waals surface area contributed by atoms with E-state index in [0.29, 0.717) is 6.04 Å². The summed E-state index contributed by atoms with van der Waals surface area (Å²) in [5, 5.41) is 3.49. The van der Waals surface area contributed by atoms with Gasteiger partial charge in [0, 0.05) is 12.2 Å². The van der Waals surface area contributed by atoms with Crippen molar-refractivity contribution in [3.05, 3.63) is 18.3 Å². The van der Waals surface area contributed by atoms with Crippen molar-refractivity contribution in [2.75, 3.05) is 5.32 Å². The Morgan fingerprint density at radius 1 is 1.53 bits per heavy atom. The van der Waals surface area contributed by atoms with Crippen molar-refractivity contribution in [3.63, 3.8) is 0 Å². The van der Waals surface area contributed by atoms with E-state index >= 15 is 0 Å². The van der Waals surface area contributed by atoms with Crippen molar-refractivity contribution in [2.45, 2.75) is 52.2 Å². The number of nitrogens with zero attached hydrogens (tertiary/aromatic N) is 1. The molecule has 0 radical (unpaired) electrons. The van der Waals surface area contributed by atoms with Crippen molar-refractivity contribution in [3.8, 4) is 5.75 Å². The van der Waals surface area contributed by atoms with Crippen LogP contribution < -0.4 is 10.1 Å². The summed E-state index contributed by atoms with van der Waals surface area (Å²) < 4.78 is 5.74. The lowest BCUT2D eigenvalue weighted by atomic mass is 10.2. The minimum absolute atomic E-state index is 0.186. The van der Waals surface area contributed by atoms with Gasteiger partial charge < -0.3 is 10.1 Å². The SMILES string of the molecule is CCCC1CC1Nc1ncccc1OC(C)C. The van der Waals surface area contributed by atoms with Crippen molar-refractivity contribution in [2.24, 2.45) is 5.92 Å². The second-order valence-corrected chi connectivity index (χ2v) is 5.05. The molecule has 1 heterocycles. The molecule has 1 fully saturated rings. The van der Waals surface area contributed by atoms with Gasteiger partial charge in [0.2, 0.25) is 0 Å². The molecule has 0 aromatic carbocycles. The number of hydrogen-bond donors (Lipinski definition) is 1. The third-order valence-corrected chi connectivity index (χ3v) is 3.04. The average Bonchev–Trinajstić information content (AvgIpc) is 2.99. The third-order valence-electron chi connectivity index (χ3n) is 3.04. The van der Waals surface area contributed by atoms with Gasteiger partial charge in [-0.3, -0.25) is 0 Å². The predicted octanol–water partition coefficient (Wildman–Crippen LogP) is 3.47. The minimum Gasteiger partial charge on any atom is -0.487 e. The Kier molecular flexibility index (Phi) is 3.87. The quantitative estimate of drug-likeness (QED) is 0.818. The Morgan fingerprint density at radius 2 is 2.35 bits per heavy atom. The van der Waals surface area contributed by atoms with E-state index in [1.807, 2.05) is 32.2 Å². The molecule has 0 saturated heterocycles. The van der Waals surface area contributed by atoms with E-state index in [-0.39, 0.29) is 6.10 Å². The highest BCUT2D eigenvalue weighted by atomic mass is 16.5. The molecule has 1 N–H and O–H groups in total. The van der Waals surface area contributed by atoms with Gasteiger partial charge in [-0.2, -0.15) is 0 Å². The molecule has 2 unspecified atom stereocenters. The fourth-order valence-electron chi connectivity index (χ4n) is 2.14. The smallest absolute Gasteiger partial charge is 0.168 e. The first kappa shape index (κ1) is 12.2. The van der Waals surface area contributed by atoms with Gasteiger partial charge in [-0.15, -0.1) is 0 Å². The normalized spacial score (nSPS) is 22.6. The summed E-state index contributed by atoms with van der Waals surface area (Å²) in [4.78, 5) is 4.37. The van der Waals surface area contributed by atoms with Crippen LogP contribution in [0.25, 0.3) is 0 Å². The Labute approximate surface area is 104 Å². The third kappa shape index (κ3) is 3.35. The first-order chi connectivity index (χ1) is 8.20. The molecule has 2 rings (SSSR count). The zero-order valence-electron chi connectivity index (χ0n) is 10.9. The van der Waals surface area contributed by atoms with Crippen LogP contribution in [0.15, 0.2) is 18.3 Å². The monoisotopic (exact) mass is 234 g/mol. The van der Waals surface area contributed by atoms with Crippen LogP contribution in [0.1, 0.15) is 40.0 Å². The van der Waals surface area contributed by atoms with Crippen LogP contribution in [0.4, 0.5) is 5.82 Å². The molecular formula is C14H22N2O. The van der Waals surface area contributed by atoms with Gasteiger partial charge in [0.05, 0.1) is 6.10 Å². The lowest BCUT2D eigenvalue weighted by Crippen LogP contribution is -2.11. The van der Waals surface area contributed by atoms with E-state index in [0.717, 1.165) is 17.5 Å². The molecule has 1 aliphatic rings. The highest BCUT2D eigenvalue weighted by Crippen LogP contribution is 2.38. The molecule has 0 aliphatic heterocycles. The van der Waals surface area contributed by atoms with Crippen molar-refractivity contribution in [1.29, 1.82) is 0 Å². The summed E-state index contributed by atoms with van der Waals surface area (Å²) in [6, 6.07) is 4.49. The first-order valence-electron chi connectivity index (χ1n) is 6.59. The minimum atomic E-state index is 0.186. The number of nitrogens with one attached hydrogen (secondary N) is 1. The Balaban J connectivity index is 1.96. The summed E-state index contributed by atoms with van der Waals surface area (Å²) in [6.45, 7) is 6.31. The van der Waals surface area contributed by atoms with Crippen LogP contribution >= 0.6 is 0 Å². The molecule has 0 amide bonds. The Morgan fingerprint density at radius 3 is 3.06 bits per heavy atom. The second kappa shape index (κ2) is 5.39. The molecule has 1 aromatic rings. The number of rotatable bonds is 6. The van der Waals surface area contributed by atoms with Crippen LogP contribution in [-0.4, -0.2) is 17.1 Å². The maximum Gasteiger partial charge on any atom is 0.168 e. The largest absolute Gasteiger partial charge is 0.487 e. The zero-order valence-corrected chi connectivity index (χ0v) is 10.9. The number of pyridine rings is 1. The summed E-state index contributed by atoms with van der Waals surface area (Å²) in [6.07, 6.45) is 5.84. The highest BCUT2D eigenvalue weighted by Gasteiger charge is 2.36. The lowest BCUT2D eigenvalue weighted by molar-refractivity contribution is 0.243. The molecule has 3 heteroatoms. The Hall–Kier alpha value is -1.25. The van der Waals surface area contributed by atoms with Gasteiger partial charge in [-0.25, -0.2) is 4.98 Å². The zero-order chi connectivity index (χ0) is 12.3. The second-order valence-electron chi connectivity index (χ2n) is 5.05. The van der Waals surface area contributed by atoms with Crippen LogP contribution in [0.3, 0.4) is 0 Å². The maximum absolute atomic E-state index is 5.74. The maximum atomic E-state index is 5.74. The standard InChI is InChI=1S/C14H22N2O/c1-4-6-11-9-12(11)16-14-13(17-10(2)3)7-5-8-15-14/h5,7-8,10-12H,4,6,9H2,1-3H3,(H,15,16).